The first kappa shape index (κ1) is 24.9. The molecule has 1 fully saturated rings. The first-order valence-corrected chi connectivity index (χ1v) is 12.7. The van der Waals surface area contributed by atoms with Crippen molar-refractivity contribution in [2.75, 3.05) is 31.5 Å². The van der Waals surface area contributed by atoms with Crippen LogP contribution in [0.25, 0.3) is 0 Å². The maximum absolute atomic E-state index is 12.8. The number of rotatable bonds is 9. The number of carbonyl (C=O) groups is 2. The highest BCUT2D eigenvalue weighted by Gasteiger charge is 2.24. The second kappa shape index (κ2) is 10.9. The molecule has 178 valence electrons. The number of hydrogen-bond acceptors (Lipinski definition) is 5. The largest absolute Gasteiger partial charge is 0.369 e. The number of nitrogens with two attached hydrogens (primary N) is 1. The second-order valence-corrected chi connectivity index (χ2v) is 10.2. The lowest BCUT2D eigenvalue weighted by Gasteiger charge is -2.31. The second-order valence-electron chi connectivity index (χ2n) is 8.24. The molecule has 2 amide bonds. The number of nitrogens with one attached hydrogen (secondary N) is 1. The molecule has 0 spiro atoms. The Morgan fingerprint density at radius 3 is 2.45 bits per heavy atom. The molecule has 3 N–H and O–H groups in total. The number of nitrogens with zero attached hydrogens (tertiary/aromatic N) is 2. The fourth-order valence-corrected chi connectivity index (χ4v) is 5.60. The Balaban J connectivity index is 1.65. The van der Waals surface area contributed by atoms with Gasteiger partial charge in [-0.1, -0.05) is 32.0 Å². The van der Waals surface area contributed by atoms with Gasteiger partial charge in [0.15, 0.2) is 0 Å². The van der Waals surface area contributed by atoms with Gasteiger partial charge in [0.1, 0.15) is 0 Å². The highest BCUT2D eigenvalue weighted by atomic mass is 32.2. The van der Waals surface area contributed by atoms with Crippen LogP contribution in [0.2, 0.25) is 0 Å². The van der Waals surface area contributed by atoms with Crippen molar-refractivity contribution >= 4 is 27.5 Å². The molecule has 0 bridgehead atoms. The van der Waals surface area contributed by atoms with Crippen molar-refractivity contribution in [3.8, 4) is 0 Å². The van der Waals surface area contributed by atoms with Gasteiger partial charge in [-0.25, -0.2) is 8.42 Å². The monoisotopic (exact) mass is 472 g/mol. The molecule has 33 heavy (non-hydrogen) atoms. The third kappa shape index (κ3) is 6.19. The van der Waals surface area contributed by atoms with Gasteiger partial charge in [-0.2, -0.15) is 4.31 Å². The summed E-state index contributed by atoms with van der Waals surface area (Å²) in [5, 5.41) is 2.82. The van der Waals surface area contributed by atoms with E-state index < -0.39 is 10.0 Å². The Morgan fingerprint density at radius 2 is 1.82 bits per heavy atom. The molecular weight excluding hydrogens is 440 g/mol. The standard InChI is InChI=1S/C24H32N4O4S/c1-3-28(4-2)33(31,32)22-9-5-7-19(15-22)24(30)26-21-12-10-18(11-13-21)16-27-14-6-8-20(17-27)23(25)29/h5,7,9-13,15,20H,3-4,6,8,14,16-17H2,1-2H3,(H2,25,29)(H,26,30). The molecule has 2 aromatic rings. The van der Waals surface area contributed by atoms with Crippen molar-refractivity contribution < 1.29 is 18.0 Å². The summed E-state index contributed by atoms with van der Waals surface area (Å²) in [5.74, 6) is -0.718. The van der Waals surface area contributed by atoms with Crippen LogP contribution >= 0.6 is 0 Å². The number of benzene rings is 2. The van der Waals surface area contributed by atoms with Crippen LogP contribution < -0.4 is 11.1 Å². The van der Waals surface area contributed by atoms with Crippen molar-refractivity contribution in [2.24, 2.45) is 11.7 Å². The summed E-state index contributed by atoms with van der Waals surface area (Å²) in [6.07, 6.45) is 1.79. The molecule has 1 unspecified atom stereocenters. The summed E-state index contributed by atoms with van der Waals surface area (Å²) in [5.41, 5.74) is 7.43. The fourth-order valence-electron chi connectivity index (χ4n) is 4.10. The minimum absolute atomic E-state index is 0.0985. The Hall–Kier alpha value is -2.75. The maximum Gasteiger partial charge on any atom is 0.255 e. The summed E-state index contributed by atoms with van der Waals surface area (Å²) in [4.78, 5) is 26.5. The molecule has 1 heterocycles. The van der Waals surface area contributed by atoms with Crippen LogP contribution in [0.15, 0.2) is 53.4 Å². The van der Waals surface area contributed by atoms with Gasteiger partial charge in [0, 0.05) is 37.4 Å². The van der Waals surface area contributed by atoms with Crippen LogP contribution in [0.1, 0.15) is 42.6 Å². The van der Waals surface area contributed by atoms with E-state index in [2.05, 4.69) is 10.2 Å². The quantitative estimate of drug-likeness (QED) is 0.583. The summed E-state index contributed by atoms with van der Waals surface area (Å²) in [7, 11) is -3.64. The normalized spacial score (nSPS) is 17.1. The van der Waals surface area contributed by atoms with Gasteiger partial charge in [-0.05, 0) is 55.3 Å². The lowest BCUT2D eigenvalue weighted by Crippen LogP contribution is -2.40. The Morgan fingerprint density at radius 1 is 1.12 bits per heavy atom. The van der Waals surface area contributed by atoms with Crippen LogP contribution in [0.4, 0.5) is 5.69 Å². The number of primary amides is 1. The molecule has 1 aliphatic rings. The highest BCUT2D eigenvalue weighted by Crippen LogP contribution is 2.21. The number of carbonyl (C=O) groups excluding carboxylic acids is 2. The number of sulfonamides is 1. The number of hydrogen-bond donors (Lipinski definition) is 2. The van der Waals surface area contributed by atoms with E-state index >= 15 is 0 Å². The molecule has 0 aliphatic carbocycles. The Labute approximate surface area is 195 Å². The maximum atomic E-state index is 12.8. The van der Waals surface area contributed by atoms with E-state index in [1.54, 1.807) is 26.0 Å². The first-order chi connectivity index (χ1) is 15.7. The molecule has 9 heteroatoms. The molecule has 1 aliphatic heterocycles. The highest BCUT2D eigenvalue weighted by molar-refractivity contribution is 7.89. The third-order valence-corrected chi connectivity index (χ3v) is 8.01. The molecule has 1 saturated heterocycles. The van der Waals surface area contributed by atoms with Crippen molar-refractivity contribution in [3.05, 3.63) is 59.7 Å². The molecule has 0 saturated carbocycles. The Kier molecular flexibility index (Phi) is 8.23. The number of amides is 2. The van der Waals surface area contributed by atoms with Crippen LogP contribution in [-0.2, 0) is 21.4 Å². The van der Waals surface area contributed by atoms with Crippen molar-refractivity contribution in [2.45, 2.75) is 38.1 Å². The lowest BCUT2D eigenvalue weighted by atomic mass is 9.97. The fraction of sp³-hybridized carbons (Fsp3) is 0.417. The number of piperidine rings is 1. The van der Waals surface area contributed by atoms with Crippen molar-refractivity contribution in [1.82, 2.24) is 9.21 Å². The van der Waals surface area contributed by atoms with Crippen LogP contribution in [0.5, 0.6) is 0 Å². The van der Waals surface area contributed by atoms with Crippen LogP contribution in [0, 0.1) is 5.92 Å². The zero-order chi connectivity index (χ0) is 24.0. The van der Waals surface area contributed by atoms with Crippen molar-refractivity contribution in [3.63, 3.8) is 0 Å². The summed E-state index contributed by atoms with van der Waals surface area (Å²) >= 11 is 0. The van der Waals surface area contributed by atoms with E-state index in [1.807, 2.05) is 24.3 Å². The average Bonchev–Trinajstić information content (AvgIpc) is 2.81. The van der Waals surface area contributed by atoms with E-state index in [-0.39, 0.29) is 28.2 Å². The minimum Gasteiger partial charge on any atom is -0.369 e. The summed E-state index contributed by atoms with van der Waals surface area (Å²) in [6, 6.07) is 13.6. The average molecular weight is 473 g/mol. The molecule has 0 radical (unpaired) electrons. The lowest BCUT2D eigenvalue weighted by molar-refractivity contribution is -0.123. The van der Waals surface area contributed by atoms with Gasteiger partial charge in [-0.3, -0.25) is 14.5 Å². The van der Waals surface area contributed by atoms with Gasteiger partial charge < -0.3 is 11.1 Å². The SMILES string of the molecule is CCN(CC)S(=O)(=O)c1cccc(C(=O)Nc2ccc(CN3CCCC(C(N)=O)C3)cc2)c1. The molecule has 3 rings (SSSR count). The van der Waals surface area contributed by atoms with Crippen LogP contribution in [-0.4, -0.2) is 55.6 Å². The molecule has 8 nitrogen and oxygen atoms in total. The summed E-state index contributed by atoms with van der Waals surface area (Å²) < 4.78 is 26.9. The predicted octanol–water partition coefficient (Wildman–Crippen LogP) is 2.67. The van der Waals surface area contributed by atoms with Gasteiger partial charge >= 0.3 is 0 Å². The Bertz CT molecular complexity index is 1080. The molecule has 2 aromatic carbocycles. The minimum atomic E-state index is -3.64. The predicted molar refractivity (Wildman–Crippen MR) is 128 cm³/mol. The molecule has 1 atom stereocenters. The number of likely N-dealkylation sites (tertiary alicyclic amines) is 1. The van der Waals surface area contributed by atoms with E-state index in [1.165, 1.54) is 16.4 Å². The van der Waals surface area contributed by atoms with Gasteiger partial charge in [0.25, 0.3) is 5.91 Å². The zero-order valence-corrected chi connectivity index (χ0v) is 20.0. The smallest absolute Gasteiger partial charge is 0.255 e. The topological polar surface area (TPSA) is 113 Å². The van der Waals surface area contributed by atoms with Crippen molar-refractivity contribution in [1.29, 1.82) is 0 Å². The zero-order valence-electron chi connectivity index (χ0n) is 19.2. The van der Waals surface area contributed by atoms with E-state index in [0.29, 0.717) is 31.9 Å². The van der Waals surface area contributed by atoms with E-state index in [4.69, 9.17) is 5.73 Å². The van der Waals surface area contributed by atoms with Crippen LogP contribution in [0.3, 0.4) is 0 Å². The van der Waals surface area contributed by atoms with Gasteiger partial charge in [0.2, 0.25) is 15.9 Å². The van der Waals surface area contributed by atoms with Gasteiger partial charge in [0.05, 0.1) is 10.8 Å². The van der Waals surface area contributed by atoms with E-state index in [9.17, 15) is 18.0 Å². The van der Waals surface area contributed by atoms with Gasteiger partial charge in [-0.15, -0.1) is 0 Å². The molecule has 0 aromatic heterocycles. The first-order valence-electron chi connectivity index (χ1n) is 11.3. The summed E-state index contributed by atoms with van der Waals surface area (Å²) in [6.45, 7) is 6.59. The number of anilines is 1. The van der Waals surface area contributed by atoms with E-state index in [0.717, 1.165) is 24.9 Å². The molecular formula is C24H32N4O4S. The third-order valence-electron chi connectivity index (χ3n) is 5.97.